The highest BCUT2D eigenvalue weighted by molar-refractivity contribution is 7.79. The van der Waals surface area contributed by atoms with Crippen LogP contribution in [0.25, 0.3) is 108 Å². The van der Waals surface area contributed by atoms with Gasteiger partial charge in [0.15, 0.2) is 0 Å². The van der Waals surface area contributed by atoms with Crippen LogP contribution in [0.15, 0.2) is 212 Å². The largest absolute Gasteiger partial charge is 0.0622 e. The van der Waals surface area contributed by atoms with E-state index in [2.05, 4.69) is 212 Å². The second-order valence-electron chi connectivity index (χ2n) is 20.3. The van der Waals surface area contributed by atoms with E-state index in [1.54, 1.807) is 33.0 Å². The topological polar surface area (TPSA) is 0 Å². The molecule has 0 amide bonds. The van der Waals surface area contributed by atoms with Crippen LogP contribution in [0.4, 0.5) is 0 Å². The van der Waals surface area contributed by atoms with E-state index in [-0.39, 0.29) is 0 Å². The number of aryl methyl sites for hydroxylation is 6. The van der Waals surface area contributed by atoms with E-state index < -0.39 is 7.92 Å². The van der Waals surface area contributed by atoms with Gasteiger partial charge in [0.05, 0.1) is 0 Å². The highest BCUT2D eigenvalue weighted by Gasteiger charge is 2.27. The number of rotatable bonds is 3. The smallest absolute Gasteiger partial charge is 0.00139 e. The lowest BCUT2D eigenvalue weighted by atomic mass is 9.87. The normalized spacial score (nSPS) is 13.7. The molecule has 0 saturated heterocycles. The SMILES string of the molecule is c1cc2c3ccc4c5c(ccc(c6ccc7c(c1CC7)c26)c53)CC4.c1ccc(P(c2ccccc2)c2ccccc2)cc1.c1ccc2c(c1)-c1ccc3c4ccc5c6c(ccc(c7ccc-2c1c37)c64)CC5. The second kappa shape index (κ2) is 15.3. The third kappa shape index (κ3) is 5.72. The van der Waals surface area contributed by atoms with Crippen LogP contribution >= 0.6 is 7.92 Å². The first kappa shape index (κ1) is 39.9. The molecule has 14 aromatic rings. The predicted octanol–water partition coefficient (Wildman–Crippen LogP) is 16.9. The summed E-state index contributed by atoms with van der Waals surface area (Å²) in [7, 11) is -0.446. The molecule has 0 N–H and O–H groups in total. The van der Waals surface area contributed by atoms with Crippen LogP contribution in [0.3, 0.4) is 0 Å². The zero-order valence-electron chi connectivity index (χ0n) is 39.4. The molecule has 1 heteroatoms. The van der Waals surface area contributed by atoms with Crippen molar-refractivity contribution in [3.05, 3.63) is 246 Å². The summed E-state index contributed by atoms with van der Waals surface area (Å²) in [6, 6.07) is 79.2. The molecule has 0 atom stereocenters. The maximum Gasteiger partial charge on any atom is -0.00139 e. The van der Waals surface area contributed by atoms with E-state index in [0.29, 0.717) is 0 Å². The van der Waals surface area contributed by atoms with E-state index in [0.717, 1.165) is 0 Å². The first-order valence-electron chi connectivity index (χ1n) is 25.6. The molecule has 0 unspecified atom stereocenters. The van der Waals surface area contributed by atoms with Gasteiger partial charge < -0.3 is 0 Å². The number of hydrogen-bond donors (Lipinski definition) is 0. The van der Waals surface area contributed by atoms with Crippen molar-refractivity contribution in [2.75, 3.05) is 0 Å². The highest BCUT2D eigenvalue weighted by atomic mass is 31.1. The Hall–Kier alpha value is -7.89. The minimum absolute atomic E-state index is 0.446. The Labute approximate surface area is 414 Å². The lowest BCUT2D eigenvalue weighted by Gasteiger charge is -2.18. The minimum atomic E-state index is -0.446. The summed E-state index contributed by atoms with van der Waals surface area (Å²) in [5, 5.41) is 27.7. The lowest BCUT2D eigenvalue weighted by Crippen LogP contribution is -2.20. The Kier molecular flexibility index (Phi) is 8.60. The molecule has 4 aliphatic carbocycles. The van der Waals surface area contributed by atoms with Crippen LogP contribution in [0, 0.1) is 0 Å². The zero-order chi connectivity index (χ0) is 46.3. The molecule has 71 heavy (non-hydrogen) atoms. The summed E-state index contributed by atoms with van der Waals surface area (Å²) in [6.07, 6.45) is 7.19. The van der Waals surface area contributed by atoms with Gasteiger partial charge in [-0.15, -0.1) is 0 Å². The van der Waals surface area contributed by atoms with Gasteiger partial charge in [-0.3, -0.25) is 0 Å². The van der Waals surface area contributed by atoms with Crippen LogP contribution in [-0.2, 0) is 38.5 Å². The van der Waals surface area contributed by atoms with E-state index in [1.165, 1.54) is 163 Å². The first-order chi connectivity index (χ1) is 35.2. The van der Waals surface area contributed by atoms with Gasteiger partial charge >= 0.3 is 0 Å². The fourth-order valence-corrected chi connectivity index (χ4v) is 16.2. The molecule has 0 bridgehead atoms. The fourth-order valence-electron chi connectivity index (χ4n) is 13.9. The summed E-state index contributed by atoms with van der Waals surface area (Å²) >= 11 is 0. The van der Waals surface area contributed by atoms with Gasteiger partial charge in [0.2, 0.25) is 0 Å². The molecule has 0 saturated carbocycles. The molecule has 0 fully saturated rings. The van der Waals surface area contributed by atoms with Gasteiger partial charge in [0.1, 0.15) is 0 Å². The zero-order valence-corrected chi connectivity index (χ0v) is 40.3. The Bertz CT molecular complexity index is 4080. The van der Waals surface area contributed by atoms with Crippen molar-refractivity contribution < 1.29 is 0 Å². The number of benzene rings is 14. The molecular formula is C70H47P. The third-order valence-corrected chi connectivity index (χ3v) is 19.3. The Balaban J connectivity index is 0.0000000939. The quantitative estimate of drug-likeness (QED) is 0.0941. The summed E-state index contributed by atoms with van der Waals surface area (Å²) < 4.78 is 0. The summed E-state index contributed by atoms with van der Waals surface area (Å²) in [4.78, 5) is 0. The summed E-state index contributed by atoms with van der Waals surface area (Å²) in [5.74, 6) is 0. The van der Waals surface area contributed by atoms with Crippen molar-refractivity contribution in [3.8, 4) is 22.3 Å². The van der Waals surface area contributed by atoms with Crippen molar-refractivity contribution >= 4 is 110 Å². The molecule has 0 nitrogen and oxygen atoms in total. The number of hydrogen-bond acceptors (Lipinski definition) is 0. The van der Waals surface area contributed by atoms with Gasteiger partial charge in [0, 0.05) is 0 Å². The van der Waals surface area contributed by atoms with Crippen molar-refractivity contribution in [2.45, 2.75) is 38.5 Å². The van der Waals surface area contributed by atoms with Crippen LogP contribution < -0.4 is 15.9 Å². The standard InChI is InChI=1S/C28H16.C24H16.C18H15P/c1-2-4-18-17(3-1)19-11-13-23-21-9-7-15-5-6-16-8-10-22(26(21)25(15)16)24-14-12-20(18)27(19)28(23)24;1-2-14-6-10-18-20-12-8-16-4-3-15-7-11-19(24(20)22(15)16)17-9-5-13(1)21(14)23(17)18;1-4-10-16(11-5-1)19(17-12-6-2-7-13-17)18-14-8-3-9-15-18/h1-4,7-14H,5-6H2;5-12H,1-4H2;1-15H. The fraction of sp³-hybridized carbons (Fsp3) is 0.0857. The Morgan fingerprint density at radius 1 is 0.183 bits per heavy atom. The van der Waals surface area contributed by atoms with Gasteiger partial charge in [-0.2, -0.15) is 0 Å². The van der Waals surface area contributed by atoms with E-state index in [1.807, 2.05) is 0 Å². The molecule has 332 valence electrons. The van der Waals surface area contributed by atoms with Gasteiger partial charge in [-0.25, -0.2) is 0 Å². The maximum absolute atomic E-state index is 2.39. The van der Waals surface area contributed by atoms with E-state index in [9.17, 15) is 0 Å². The van der Waals surface area contributed by atoms with E-state index >= 15 is 0 Å². The molecular weight excluding hydrogens is 872 g/mol. The molecule has 0 aromatic heterocycles. The van der Waals surface area contributed by atoms with Crippen molar-refractivity contribution in [1.29, 1.82) is 0 Å². The first-order valence-corrected chi connectivity index (χ1v) is 27.0. The van der Waals surface area contributed by atoms with Gasteiger partial charge in [-0.05, 0) is 204 Å². The molecule has 14 aromatic carbocycles. The van der Waals surface area contributed by atoms with Gasteiger partial charge in [0.25, 0.3) is 0 Å². The van der Waals surface area contributed by atoms with E-state index in [4.69, 9.17) is 0 Å². The Morgan fingerprint density at radius 2 is 0.423 bits per heavy atom. The maximum atomic E-state index is 2.39. The molecule has 0 heterocycles. The summed E-state index contributed by atoms with van der Waals surface area (Å²) in [5.41, 5.74) is 14.8. The third-order valence-electron chi connectivity index (χ3n) is 16.9. The van der Waals surface area contributed by atoms with Crippen LogP contribution in [-0.4, -0.2) is 0 Å². The highest BCUT2D eigenvalue weighted by Crippen LogP contribution is 2.53. The molecule has 0 spiro atoms. The van der Waals surface area contributed by atoms with Crippen molar-refractivity contribution in [1.82, 2.24) is 0 Å². The van der Waals surface area contributed by atoms with Crippen molar-refractivity contribution in [3.63, 3.8) is 0 Å². The minimum Gasteiger partial charge on any atom is -0.0622 e. The van der Waals surface area contributed by atoms with Gasteiger partial charge in [-0.1, -0.05) is 212 Å². The van der Waals surface area contributed by atoms with Crippen molar-refractivity contribution in [2.24, 2.45) is 0 Å². The Morgan fingerprint density at radius 3 is 0.704 bits per heavy atom. The molecule has 0 radical (unpaired) electrons. The van der Waals surface area contributed by atoms with Crippen LogP contribution in [0.2, 0.25) is 0 Å². The molecule has 4 aliphatic rings. The lowest BCUT2D eigenvalue weighted by molar-refractivity contribution is 1.02. The molecule has 18 rings (SSSR count). The average molecular weight is 919 g/mol. The van der Waals surface area contributed by atoms with Crippen LogP contribution in [0.1, 0.15) is 33.4 Å². The monoisotopic (exact) mass is 918 g/mol. The summed E-state index contributed by atoms with van der Waals surface area (Å²) in [6.45, 7) is 0. The number of fused-ring (bicyclic) bond motifs is 7. The second-order valence-corrected chi connectivity index (χ2v) is 22.6. The predicted molar refractivity (Wildman–Crippen MR) is 307 cm³/mol. The average Bonchev–Trinajstić information content (AvgIpc) is 4.26. The molecule has 0 aliphatic heterocycles. The van der Waals surface area contributed by atoms with Crippen LogP contribution in [0.5, 0.6) is 0 Å².